The lowest BCUT2D eigenvalue weighted by molar-refractivity contribution is -0.116. The average Bonchev–Trinajstić information content (AvgIpc) is 3.27. The molecule has 1 saturated carbocycles. The fourth-order valence-electron chi connectivity index (χ4n) is 5.14. The highest BCUT2D eigenvalue weighted by Gasteiger charge is 2.34. The number of aliphatic hydroxyl groups is 1. The summed E-state index contributed by atoms with van der Waals surface area (Å²) in [4.78, 5) is 25.7. The van der Waals surface area contributed by atoms with Crippen LogP contribution >= 0.6 is 0 Å². The minimum Gasteiger partial charge on any atom is -0.511 e. The number of ketones is 2. The second-order valence-electron chi connectivity index (χ2n) is 9.11. The summed E-state index contributed by atoms with van der Waals surface area (Å²) in [7, 11) is 0. The van der Waals surface area contributed by atoms with Gasteiger partial charge in [-0.15, -0.1) is 0 Å². The Morgan fingerprint density at radius 2 is 1.47 bits per heavy atom. The van der Waals surface area contributed by atoms with Crippen molar-refractivity contribution in [1.29, 1.82) is 5.41 Å². The molecule has 2 atom stereocenters. The Bertz CT molecular complexity index is 1250. The first kappa shape index (κ1) is 22.0. The van der Waals surface area contributed by atoms with E-state index in [-0.39, 0.29) is 59.7 Å². The zero-order valence-electron chi connectivity index (χ0n) is 18.8. The molecular weight excluding hydrogens is 428 g/mol. The molecule has 1 heterocycles. The van der Waals surface area contributed by atoms with Gasteiger partial charge in [0.15, 0.2) is 11.6 Å². The van der Waals surface area contributed by atoms with Crippen LogP contribution in [0.5, 0.6) is 0 Å². The van der Waals surface area contributed by atoms with E-state index in [4.69, 9.17) is 9.93 Å². The first-order valence-electron chi connectivity index (χ1n) is 11.6. The van der Waals surface area contributed by atoms with Crippen LogP contribution in [0, 0.1) is 5.41 Å². The predicted octanol–water partition coefficient (Wildman–Crippen LogP) is 5.50. The van der Waals surface area contributed by atoms with Crippen LogP contribution in [0.4, 0.5) is 0 Å². The van der Waals surface area contributed by atoms with Crippen LogP contribution in [-0.2, 0) is 17.6 Å². The van der Waals surface area contributed by atoms with Crippen molar-refractivity contribution in [1.82, 2.24) is 5.16 Å². The molecule has 2 aliphatic carbocycles. The number of rotatable bonds is 5. The van der Waals surface area contributed by atoms with Crippen molar-refractivity contribution >= 4 is 17.3 Å². The number of fused-ring (bicyclic) bond motifs is 1. The Morgan fingerprint density at radius 3 is 2.09 bits per heavy atom. The smallest absolute Gasteiger partial charge is 0.168 e. The van der Waals surface area contributed by atoms with Crippen LogP contribution in [0.3, 0.4) is 0 Å². The van der Waals surface area contributed by atoms with Crippen molar-refractivity contribution in [2.45, 2.75) is 50.4 Å². The van der Waals surface area contributed by atoms with Crippen molar-refractivity contribution in [2.24, 2.45) is 0 Å². The van der Waals surface area contributed by atoms with Crippen molar-refractivity contribution in [2.75, 3.05) is 0 Å². The number of allylic oxidation sites excluding steroid dienone is 2. The van der Waals surface area contributed by atoms with Gasteiger partial charge < -0.3 is 15.0 Å². The van der Waals surface area contributed by atoms with Gasteiger partial charge in [-0.05, 0) is 29.4 Å². The maximum Gasteiger partial charge on any atom is 0.168 e. The molecule has 2 N–H and O–H groups in total. The number of benzene rings is 2. The van der Waals surface area contributed by atoms with Gasteiger partial charge in [-0.1, -0.05) is 65.8 Å². The summed E-state index contributed by atoms with van der Waals surface area (Å²) in [5.41, 5.74) is 3.42. The second kappa shape index (κ2) is 9.21. The zero-order valence-corrected chi connectivity index (χ0v) is 18.8. The summed E-state index contributed by atoms with van der Waals surface area (Å²) < 4.78 is 5.51. The SMILES string of the molecule is N=C1CC(c2ccccc2)CC(=O)/C1=C(\O)CCc1noc2c1C(=O)CC(c1ccccc1)C2. The molecule has 2 aliphatic rings. The number of aromatic nitrogens is 1. The summed E-state index contributed by atoms with van der Waals surface area (Å²) in [6, 6.07) is 19.6. The Morgan fingerprint density at radius 1 is 0.882 bits per heavy atom. The third-order valence-electron chi connectivity index (χ3n) is 6.87. The van der Waals surface area contributed by atoms with Gasteiger partial charge in [0.25, 0.3) is 0 Å². The molecule has 3 aromatic rings. The van der Waals surface area contributed by atoms with Crippen LogP contribution in [0.2, 0.25) is 0 Å². The van der Waals surface area contributed by atoms with Crippen LogP contribution in [0.15, 0.2) is 76.5 Å². The molecule has 5 rings (SSSR count). The van der Waals surface area contributed by atoms with E-state index in [9.17, 15) is 14.7 Å². The molecule has 1 fully saturated rings. The fourth-order valence-corrected chi connectivity index (χ4v) is 5.14. The average molecular weight is 455 g/mol. The molecule has 6 nitrogen and oxygen atoms in total. The highest BCUT2D eigenvalue weighted by atomic mass is 16.5. The van der Waals surface area contributed by atoms with Gasteiger partial charge in [-0.25, -0.2) is 0 Å². The molecule has 0 spiro atoms. The lowest BCUT2D eigenvalue weighted by Gasteiger charge is -2.25. The number of aryl methyl sites for hydroxylation is 1. The van der Waals surface area contributed by atoms with Crippen molar-refractivity contribution < 1.29 is 19.2 Å². The lowest BCUT2D eigenvalue weighted by Crippen LogP contribution is -2.26. The second-order valence-corrected chi connectivity index (χ2v) is 9.11. The van der Waals surface area contributed by atoms with Gasteiger partial charge in [0.1, 0.15) is 11.5 Å². The van der Waals surface area contributed by atoms with E-state index < -0.39 is 0 Å². The van der Waals surface area contributed by atoms with E-state index in [0.717, 1.165) is 11.1 Å². The van der Waals surface area contributed by atoms with E-state index in [1.807, 2.05) is 60.7 Å². The number of carbonyl (C=O) groups excluding carboxylic acids is 2. The van der Waals surface area contributed by atoms with Crippen molar-refractivity contribution in [3.8, 4) is 0 Å². The number of hydrogen-bond acceptors (Lipinski definition) is 6. The topological polar surface area (TPSA) is 104 Å². The quantitative estimate of drug-likeness (QED) is 0.391. The van der Waals surface area contributed by atoms with E-state index in [1.54, 1.807) is 0 Å². The van der Waals surface area contributed by atoms with Gasteiger partial charge in [-0.2, -0.15) is 0 Å². The first-order chi connectivity index (χ1) is 16.5. The lowest BCUT2D eigenvalue weighted by atomic mass is 9.78. The number of aliphatic hydroxyl groups excluding tert-OH is 1. The van der Waals surface area contributed by atoms with E-state index in [1.165, 1.54) is 0 Å². The van der Waals surface area contributed by atoms with Gasteiger partial charge in [0.2, 0.25) is 0 Å². The number of carbonyl (C=O) groups is 2. The largest absolute Gasteiger partial charge is 0.511 e. The van der Waals surface area contributed by atoms with E-state index >= 15 is 0 Å². The van der Waals surface area contributed by atoms with Crippen molar-refractivity contribution in [3.63, 3.8) is 0 Å². The van der Waals surface area contributed by atoms with Gasteiger partial charge >= 0.3 is 0 Å². The Balaban J connectivity index is 1.29. The van der Waals surface area contributed by atoms with Gasteiger partial charge in [-0.3, -0.25) is 9.59 Å². The zero-order chi connectivity index (χ0) is 23.7. The third kappa shape index (κ3) is 4.23. The minimum absolute atomic E-state index is 0.00863. The molecule has 2 unspecified atom stereocenters. The number of nitrogens with zero attached hydrogens (tertiary/aromatic N) is 1. The highest BCUT2D eigenvalue weighted by molar-refractivity contribution is 6.23. The van der Waals surface area contributed by atoms with Crippen LogP contribution < -0.4 is 0 Å². The third-order valence-corrected chi connectivity index (χ3v) is 6.87. The number of Topliss-reactive ketones (excluding diaryl/α,β-unsaturated/α-hetero) is 2. The molecule has 0 amide bonds. The molecule has 2 aromatic carbocycles. The predicted molar refractivity (Wildman–Crippen MR) is 127 cm³/mol. The maximum atomic E-state index is 12.9. The summed E-state index contributed by atoms with van der Waals surface area (Å²) in [5.74, 6) is 0.270. The van der Waals surface area contributed by atoms with Crippen LogP contribution in [0.25, 0.3) is 0 Å². The standard InChI is InChI=1S/C28H26N2O4/c29-21-13-19(17-7-3-1-4-8-17)14-24(32)27(21)23(31)12-11-22-28-25(33)15-20(16-26(28)34-30-22)18-9-5-2-6-10-18/h1-10,19-20,29,31H,11-16H2/b27-23-,29-21?. The Labute approximate surface area is 197 Å². The van der Waals surface area contributed by atoms with Gasteiger partial charge in [0.05, 0.1) is 16.8 Å². The monoisotopic (exact) mass is 454 g/mol. The molecule has 172 valence electrons. The Kier molecular flexibility index (Phi) is 5.97. The summed E-state index contributed by atoms with van der Waals surface area (Å²) in [6.07, 6.45) is 2.09. The van der Waals surface area contributed by atoms with Crippen LogP contribution in [0.1, 0.15) is 70.5 Å². The molecular formula is C28H26N2O4. The highest BCUT2D eigenvalue weighted by Crippen LogP contribution is 2.36. The summed E-state index contributed by atoms with van der Waals surface area (Å²) in [5, 5.41) is 23.2. The summed E-state index contributed by atoms with van der Waals surface area (Å²) >= 11 is 0. The molecule has 0 saturated heterocycles. The molecule has 34 heavy (non-hydrogen) atoms. The maximum absolute atomic E-state index is 12.9. The molecule has 0 radical (unpaired) electrons. The number of nitrogens with one attached hydrogen (secondary N) is 1. The van der Waals surface area contributed by atoms with E-state index in [2.05, 4.69) is 5.16 Å². The molecule has 0 aliphatic heterocycles. The molecule has 6 heteroatoms. The van der Waals surface area contributed by atoms with Gasteiger partial charge in [0, 0.05) is 37.8 Å². The number of hydrogen-bond donors (Lipinski definition) is 2. The van der Waals surface area contributed by atoms with Crippen molar-refractivity contribution in [3.05, 3.63) is 100 Å². The minimum atomic E-state index is -0.216. The molecule has 0 bridgehead atoms. The summed E-state index contributed by atoms with van der Waals surface area (Å²) in [6.45, 7) is 0. The van der Waals surface area contributed by atoms with E-state index in [0.29, 0.717) is 36.3 Å². The first-order valence-corrected chi connectivity index (χ1v) is 11.6. The fraction of sp³-hybridized carbons (Fsp3) is 0.286. The Hall–Kier alpha value is -3.80. The molecule has 1 aromatic heterocycles. The van der Waals surface area contributed by atoms with Crippen LogP contribution in [-0.4, -0.2) is 27.5 Å². The normalized spacial score (nSPS) is 21.9.